The first-order valence-electron chi connectivity index (χ1n) is 6.05. The number of hydrogen-bond donors (Lipinski definition) is 1. The predicted octanol–water partition coefficient (Wildman–Crippen LogP) is 3.18. The summed E-state index contributed by atoms with van der Waals surface area (Å²) in [7, 11) is 0. The lowest BCUT2D eigenvalue weighted by Crippen LogP contribution is -2.13. The Kier molecular flexibility index (Phi) is 3.16. The summed E-state index contributed by atoms with van der Waals surface area (Å²) in [5, 5.41) is 0.611. The monoisotopic (exact) mass is 286 g/mol. The second-order valence-electron chi connectivity index (χ2n) is 4.47. The van der Waals surface area contributed by atoms with Gasteiger partial charge >= 0.3 is 0 Å². The molecule has 4 nitrogen and oxygen atoms in total. The third-order valence-electron chi connectivity index (χ3n) is 2.90. The maximum Gasteiger partial charge on any atom is 0.227 e. The number of primary amides is 1. The Hall–Kier alpha value is -2.33. The topological polar surface area (TPSA) is 69.1 Å². The molecule has 0 fully saturated rings. The van der Waals surface area contributed by atoms with E-state index in [4.69, 9.17) is 21.8 Å². The lowest BCUT2D eigenvalue weighted by Gasteiger charge is -2.00. The number of carbonyl (C=O) groups excluding carboxylic acids is 1. The number of halogens is 1. The van der Waals surface area contributed by atoms with Crippen LogP contribution in [0.25, 0.3) is 22.6 Å². The van der Waals surface area contributed by atoms with Crippen LogP contribution in [0.5, 0.6) is 0 Å². The Morgan fingerprint density at radius 3 is 2.90 bits per heavy atom. The van der Waals surface area contributed by atoms with E-state index in [1.54, 1.807) is 18.2 Å². The van der Waals surface area contributed by atoms with Crippen molar-refractivity contribution >= 4 is 28.6 Å². The molecule has 0 saturated heterocycles. The first-order valence-corrected chi connectivity index (χ1v) is 6.43. The smallest absolute Gasteiger partial charge is 0.227 e. The summed E-state index contributed by atoms with van der Waals surface area (Å²) in [6.07, 6.45) is 0.194. The van der Waals surface area contributed by atoms with E-state index in [2.05, 4.69) is 4.98 Å². The summed E-state index contributed by atoms with van der Waals surface area (Å²) < 4.78 is 5.68. The average molecular weight is 287 g/mol. The number of hydrogen-bond acceptors (Lipinski definition) is 3. The summed E-state index contributed by atoms with van der Waals surface area (Å²) in [5.74, 6) is 0.125. The molecule has 0 atom stereocenters. The fourth-order valence-electron chi connectivity index (χ4n) is 2.04. The number of nitrogens with zero attached hydrogens (tertiary/aromatic N) is 1. The van der Waals surface area contributed by atoms with Gasteiger partial charge in [-0.3, -0.25) is 4.79 Å². The lowest BCUT2D eigenvalue weighted by molar-refractivity contribution is -0.117. The molecule has 1 aromatic heterocycles. The van der Waals surface area contributed by atoms with Crippen molar-refractivity contribution in [1.82, 2.24) is 4.98 Å². The van der Waals surface area contributed by atoms with Crippen LogP contribution < -0.4 is 5.73 Å². The lowest BCUT2D eigenvalue weighted by atomic mass is 10.1. The van der Waals surface area contributed by atoms with Gasteiger partial charge in [0.05, 0.1) is 6.42 Å². The van der Waals surface area contributed by atoms with E-state index in [1.807, 2.05) is 24.3 Å². The highest BCUT2D eigenvalue weighted by molar-refractivity contribution is 6.31. The van der Waals surface area contributed by atoms with Gasteiger partial charge in [0.2, 0.25) is 11.8 Å². The largest absolute Gasteiger partial charge is 0.436 e. The maximum atomic E-state index is 11.0. The molecular weight excluding hydrogens is 276 g/mol. The van der Waals surface area contributed by atoms with Gasteiger partial charge in [0.15, 0.2) is 5.58 Å². The first kappa shape index (κ1) is 12.7. The van der Waals surface area contributed by atoms with Crippen LogP contribution in [0.3, 0.4) is 0 Å². The number of amides is 1. The van der Waals surface area contributed by atoms with Gasteiger partial charge in [0.25, 0.3) is 0 Å². The van der Waals surface area contributed by atoms with Gasteiger partial charge in [-0.15, -0.1) is 0 Å². The zero-order valence-electron chi connectivity index (χ0n) is 10.5. The molecule has 2 aromatic carbocycles. The number of aromatic nitrogens is 1. The Bertz CT molecular complexity index is 795. The minimum absolute atomic E-state index is 0.194. The van der Waals surface area contributed by atoms with Crippen LogP contribution in [0.2, 0.25) is 5.02 Å². The molecule has 0 radical (unpaired) electrons. The molecule has 2 N–H and O–H groups in total. The molecule has 3 aromatic rings. The Morgan fingerprint density at radius 1 is 1.25 bits per heavy atom. The van der Waals surface area contributed by atoms with E-state index in [0.717, 1.165) is 11.1 Å². The molecule has 0 saturated carbocycles. The summed E-state index contributed by atoms with van der Waals surface area (Å²) in [5.41, 5.74) is 8.20. The van der Waals surface area contributed by atoms with Crippen LogP contribution in [0, 0.1) is 0 Å². The van der Waals surface area contributed by atoms with Crippen LogP contribution in [-0.2, 0) is 11.2 Å². The summed E-state index contributed by atoms with van der Waals surface area (Å²) in [6.45, 7) is 0. The number of carbonyl (C=O) groups is 1. The third-order valence-corrected chi connectivity index (χ3v) is 3.14. The van der Waals surface area contributed by atoms with Gasteiger partial charge in [-0.2, -0.15) is 0 Å². The molecule has 1 amide bonds. The van der Waals surface area contributed by atoms with Gasteiger partial charge in [0.1, 0.15) is 5.52 Å². The van der Waals surface area contributed by atoms with Crippen molar-refractivity contribution in [2.75, 3.05) is 0 Å². The minimum atomic E-state index is -0.369. The Balaban J connectivity index is 2.03. The molecule has 5 heteroatoms. The first-order chi connectivity index (χ1) is 9.61. The van der Waals surface area contributed by atoms with Crippen LogP contribution in [0.1, 0.15) is 5.56 Å². The van der Waals surface area contributed by atoms with Crippen molar-refractivity contribution in [1.29, 1.82) is 0 Å². The number of nitrogens with two attached hydrogens (primary N) is 1. The van der Waals surface area contributed by atoms with Gasteiger partial charge in [-0.1, -0.05) is 23.7 Å². The highest BCUT2D eigenvalue weighted by Crippen LogP contribution is 2.26. The molecule has 0 unspecified atom stereocenters. The van der Waals surface area contributed by atoms with Crippen molar-refractivity contribution < 1.29 is 9.21 Å². The normalized spacial score (nSPS) is 10.8. The molecule has 20 heavy (non-hydrogen) atoms. The fraction of sp³-hybridized carbons (Fsp3) is 0.0667. The number of oxazole rings is 1. The van der Waals surface area contributed by atoms with E-state index in [9.17, 15) is 4.79 Å². The summed E-state index contributed by atoms with van der Waals surface area (Å²) in [6, 6.07) is 12.7. The van der Waals surface area contributed by atoms with Gasteiger partial charge in [0, 0.05) is 10.6 Å². The Morgan fingerprint density at radius 2 is 2.10 bits per heavy atom. The second-order valence-corrected chi connectivity index (χ2v) is 4.91. The molecule has 100 valence electrons. The SMILES string of the molecule is NC(=O)Cc1cccc(-c2nc3cc(Cl)ccc3o2)c1. The molecule has 0 spiro atoms. The minimum Gasteiger partial charge on any atom is -0.436 e. The Labute approximate surface area is 120 Å². The van der Waals surface area contributed by atoms with Crippen LogP contribution in [0.15, 0.2) is 46.9 Å². The van der Waals surface area contributed by atoms with Crippen LogP contribution in [-0.4, -0.2) is 10.9 Å². The summed E-state index contributed by atoms with van der Waals surface area (Å²) >= 11 is 5.92. The van der Waals surface area contributed by atoms with Crippen molar-refractivity contribution in [2.45, 2.75) is 6.42 Å². The van der Waals surface area contributed by atoms with Gasteiger partial charge in [-0.05, 0) is 35.9 Å². The summed E-state index contributed by atoms with van der Waals surface area (Å²) in [4.78, 5) is 15.4. The molecule has 3 rings (SSSR count). The van der Waals surface area contributed by atoms with Crippen LogP contribution in [0.4, 0.5) is 0 Å². The molecule has 0 aliphatic carbocycles. The number of rotatable bonds is 3. The van der Waals surface area contributed by atoms with E-state index < -0.39 is 0 Å². The third kappa shape index (κ3) is 2.51. The zero-order chi connectivity index (χ0) is 14.1. The fourth-order valence-corrected chi connectivity index (χ4v) is 2.21. The van der Waals surface area contributed by atoms with Crippen molar-refractivity contribution in [3.8, 4) is 11.5 Å². The maximum absolute atomic E-state index is 11.0. The molecular formula is C15H11ClN2O2. The highest BCUT2D eigenvalue weighted by Gasteiger charge is 2.09. The van der Waals surface area contributed by atoms with Crippen molar-refractivity contribution in [3.63, 3.8) is 0 Å². The number of benzene rings is 2. The van der Waals surface area contributed by atoms with Crippen LogP contribution >= 0.6 is 11.6 Å². The molecule has 0 aliphatic rings. The standard InChI is InChI=1S/C15H11ClN2O2/c16-11-4-5-13-12(8-11)18-15(20-13)10-3-1-2-9(6-10)7-14(17)19/h1-6,8H,7H2,(H2,17,19). The molecule has 0 aliphatic heterocycles. The second kappa shape index (κ2) is 4.98. The van der Waals surface area contributed by atoms with Crippen molar-refractivity contribution in [2.24, 2.45) is 5.73 Å². The molecule has 1 heterocycles. The number of fused-ring (bicyclic) bond motifs is 1. The average Bonchev–Trinajstić information content (AvgIpc) is 2.81. The highest BCUT2D eigenvalue weighted by atomic mass is 35.5. The predicted molar refractivity (Wildman–Crippen MR) is 77.4 cm³/mol. The van der Waals surface area contributed by atoms with E-state index in [1.165, 1.54) is 0 Å². The zero-order valence-corrected chi connectivity index (χ0v) is 11.2. The quantitative estimate of drug-likeness (QED) is 0.804. The van der Waals surface area contributed by atoms with E-state index in [-0.39, 0.29) is 12.3 Å². The molecule has 0 bridgehead atoms. The van der Waals surface area contributed by atoms with Gasteiger partial charge in [-0.25, -0.2) is 4.98 Å². The van der Waals surface area contributed by atoms with E-state index in [0.29, 0.717) is 22.0 Å². The van der Waals surface area contributed by atoms with Gasteiger partial charge < -0.3 is 10.2 Å². The van der Waals surface area contributed by atoms with E-state index >= 15 is 0 Å². The van der Waals surface area contributed by atoms with Crippen molar-refractivity contribution in [3.05, 3.63) is 53.1 Å².